The molecule has 0 bridgehead atoms. The molecule has 0 spiro atoms. The maximum atomic E-state index is 12.3. The second kappa shape index (κ2) is 8.52. The zero-order valence-corrected chi connectivity index (χ0v) is 14.6. The molecule has 1 aromatic rings. The van der Waals surface area contributed by atoms with Crippen LogP contribution in [0.1, 0.15) is 32.8 Å². The van der Waals surface area contributed by atoms with Gasteiger partial charge in [0.25, 0.3) is 5.56 Å². The second-order valence-electron chi connectivity index (χ2n) is 5.25. The molecule has 0 saturated heterocycles. The molecule has 0 aromatic carbocycles. The smallest absolute Gasteiger partial charge is 0.333 e. The van der Waals surface area contributed by atoms with Gasteiger partial charge in [0.2, 0.25) is 5.88 Å². The summed E-state index contributed by atoms with van der Waals surface area (Å²) in [6, 6.07) is 0. The third kappa shape index (κ3) is 4.22. The van der Waals surface area contributed by atoms with Gasteiger partial charge in [0, 0.05) is 27.2 Å². The highest BCUT2D eigenvalue weighted by molar-refractivity contribution is 6.01. The summed E-state index contributed by atoms with van der Waals surface area (Å²) in [4.78, 5) is 26.3. The Morgan fingerprint density at radius 3 is 2.30 bits per heavy atom. The zero-order chi connectivity index (χ0) is 17.6. The van der Waals surface area contributed by atoms with Gasteiger partial charge in [0.15, 0.2) is 0 Å². The number of rotatable bonds is 8. The van der Waals surface area contributed by atoms with Gasteiger partial charge < -0.3 is 15.4 Å². The molecule has 0 amide bonds. The van der Waals surface area contributed by atoms with Gasteiger partial charge >= 0.3 is 5.69 Å². The van der Waals surface area contributed by atoms with Crippen LogP contribution in [0.3, 0.4) is 0 Å². The standard InChI is InChI=1S/C15H27N5O3/c1-6-11(17-16-9-10-20(7-2)8-3)12-13(21)18(4)15(23)19(5)14(12)22/h16,21H,6-10H2,1-5H3. The first-order valence-electron chi connectivity index (χ1n) is 7.90. The lowest BCUT2D eigenvalue weighted by Gasteiger charge is -2.17. The first-order valence-corrected chi connectivity index (χ1v) is 7.90. The number of hydrogen-bond donors (Lipinski definition) is 2. The summed E-state index contributed by atoms with van der Waals surface area (Å²) in [5.74, 6) is -0.357. The van der Waals surface area contributed by atoms with Gasteiger partial charge in [-0.05, 0) is 19.5 Å². The van der Waals surface area contributed by atoms with E-state index in [2.05, 4.69) is 29.3 Å². The summed E-state index contributed by atoms with van der Waals surface area (Å²) in [6.07, 6.45) is 0.458. The Hall–Kier alpha value is -2.09. The molecule has 0 saturated carbocycles. The van der Waals surface area contributed by atoms with Crippen LogP contribution in [-0.2, 0) is 14.1 Å². The van der Waals surface area contributed by atoms with Gasteiger partial charge in [-0.2, -0.15) is 5.10 Å². The molecule has 0 aliphatic carbocycles. The van der Waals surface area contributed by atoms with Crippen molar-refractivity contribution in [3.8, 4) is 5.88 Å². The van der Waals surface area contributed by atoms with E-state index in [4.69, 9.17) is 0 Å². The van der Waals surface area contributed by atoms with Gasteiger partial charge in [-0.25, -0.2) is 4.79 Å². The van der Waals surface area contributed by atoms with Crippen molar-refractivity contribution in [2.45, 2.75) is 27.2 Å². The SMILES string of the molecule is CCC(=NNCCN(CC)CC)c1c(O)n(C)c(=O)n(C)c1=O. The Labute approximate surface area is 136 Å². The van der Waals surface area contributed by atoms with Gasteiger partial charge in [0.05, 0.1) is 5.71 Å². The van der Waals surface area contributed by atoms with Gasteiger partial charge in [0.1, 0.15) is 5.56 Å². The fourth-order valence-corrected chi connectivity index (χ4v) is 2.30. The van der Waals surface area contributed by atoms with E-state index >= 15 is 0 Å². The average molecular weight is 325 g/mol. The quantitative estimate of drug-likeness (QED) is 0.393. The monoisotopic (exact) mass is 325 g/mol. The number of hydrazone groups is 1. The number of hydrogen-bond acceptors (Lipinski definition) is 6. The van der Waals surface area contributed by atoms with Crippen LogP contribution in [0.4, 0.5) is 0 Å². The van der Waals surface area contributed by atoms with Crippen molar-refractivity contribution in [2.24, 2.45) is 19.2 Å². The van der Waals surface area contributed by atoms with E-state index in [1.807, 2.05) is 6.92 Å². The topological polar surface area (TPSA) is 91.9 Å². The van der Waals surface area contributed by atoms with Gasteiger partial charge in [-0.1, -0.05) is 20.8 Å². The fraction of sp³-hybridized carbons (Fsp3) is 0.667. The Morgan fingerprint density at radius 1 is 1.17 bits per heavy atom. The maximum Gasteiger partial charge on any atom is 0.333 e. The molecule has 0 atom stereocenters. The molecular weight excluding hydrogens is 298 g/mol. The highest BCUT2D eigenvalue weighted by Gasteiger charge is 2.19. The Morgan fingerprint density at radius 2 is 1.78 bits per heavy atom. The first-order chi connectivity index (χ1) is 10.9. The zero-order valence-electron chi connectivity index (χ0n) is 14.6. The second-order valence-corrected chi connectivity index (χ2v) is 5.25. The van der Waals surface area contributed by atoms with Gasteiger partial charge in [-0.3, -0.25) is 13.9 Å². The molecule has 0 aliphatic rings. The first kappa shape index (κ1) is 19.0. The molecule has 8 nitrogen and oxygen atoms in total. The van der Waals surface area contributed by atoms with E-state index in [-0.39, 0.29) is 11.4 Å². The number of nitrogens with one attached hydrogen (secondary N) is 1. The minimum atomic E-state index is -0.568. The average Bonchev–Trinajstić information content (AvgIpc) is 2.56. The molecule has 1 heterocycles. The molecular formula is C15H27N5O3. The molecule has 8 heteroatoms. The van der Waals surface area contributed by atoms with Crippen LogP contribution in [0, 0.1) is 0 Å². The molecule has 23 heavy (non-hydrogen) atoms. The predicted octanol–water partition coefficient (Wildman–Crippen LogP) is -0.165. The van der Waals surface area contributed by atoms with E-state index in [1.54, 1.807) is 0 Å². The van der Waals surface area contributed by atoms with Crippen molar-refractivity contribution >= 4 is 5.71 Å². The Kier molecular flexibility index (Phi) is 7.02. The molecule has 2 N–H and O–H groups in total. The maximum absolute atomic E-state index is 12.3. The van der Waals surface area contributed by atoms with Crippen molar-refractivity contribution in [2.75, 3.05) is 26.2 Å². The summed E-state index contributed by atoms with van der Waals surface area (Å²) >= 11 is 0. The van der Waals surface area contributed by atoms with Crippen LogP contribution in [0.25, 0.3) is 0 Å². The van der Waals surface area contributed by atoms with Crippen LogP contribution in [0.15, 0.2) is 14.7 Å². The third-order valence-electron chi connectivity index (χ3n) is 3.91. The van der Waals surface area contributed by atoms with E-state index in [9.17, 15) is 14.7 Å². The molecule has 0 radical (unpaired) electrons. The third-order valence-corrected chi connectivity index (χ3v) is 3.91. The fourth-order valence-electron chi connectivity index (χ4n) is 2.30. The Bertz CT molecular complexity index is 671. The van der Waals surface area contributed by atoms with Gasteiger partial charge in [-0.15, -0.1) is 0 Å². The van der Waals surface area contributed by atoms with Crippen LogP contribution in [0.2, 0.25) is 0 Å². The van der Waals surface area contributed by atoms with Crippen molar-refractivity contribution < 1.29 is 5.11 Å². The summed E-state index contributed by atoms with van der Waals surface area (Å²) in [5.41, 5.74) is 2.32. The van der Waals surface area contributed by atoms with E-state index in [1.165, 1.54) is 14.1 Å². The van der Waals surface area contributed by atoms with E-state index < -0.39 is 11.2 Å². The highest BCUT2D eigenvalue weighted by atomic mass is 16.3. The molecule has 0 unspecified atom stereocenters. The van der Waals surface area contributed by atoms with Crippen molar-refractivity contribution in [1.82, 2.24) is 19.5 Å². The predicted molar refractivity (Wildman–Crippen MR) is 91.2 cm³/mol. The summed E-state index contributed by atoms with van der Waals surface area (Å²) in [7, 11) is 2.80. The summed E-state index contributed by atoms with van der Waals surface area (Å²) < 4.78 is 2.01. The molecule has 130 valence electrons. The van der Waals surface area contributed by atoms with Crippen LogP contribution in [-0.4, -0.2) is 51.0 Å². The normalized spacial score (nSPS) is 12.0. The minimum absolute atomic E-state index is 0.0624. The van der Waals surface area contributed by atoms with Crippen molar-refractivity contribution in [1.29, 1.82) is 0 Å². The highest BCUT2D eigenvalue weighted by Crippen LogP contribution is 2.11. The molecule has 1 rings (SSSR count). The van der Waals surface area contributed by atoms with Crippen molar-refractivity contribution in [3.63, 3.8) is 0 Å². The van der Waals surface area contributed by atoms with E-state index in [0.29, 0.717) is 18.7 Å². The minimum Gasteiger partial charge on any atom is -0.494 e. The summed E-state index contributed by atoms with van der Waals surface area (Å²) in [5, 5.41) is 14.4. The van der Waals surface area contributed by atoms with Crippen LogP contribution in [0.5, 0.6) is 5.88 Å². The Balaban J connectivity index is 3.05. The number of aromatic nitrogens is 2. The van der Waals surface area contributed by atoms with E-state index in [0.717, 1.165) is 28.8 Å². The molecule has 0 aliphatic heterocycles. The lowest BCUT2D eigenvalue weighted by atomic mass is 10.1. The number of nitrogens with zero attached hydrogens (tertiary/aromatic N) is 4. The largest absolute Gasteiger partial charge is 0.494 e. The number of likely N-dealkylation sites (N-methyl/N-ethyl adjacent to an activating group) is 1. The lowest BCUT2D eigenvalue weighted by molar-refractivity contribution is 0.303. The van der Waals surface area contributed by atoms with Crippen molar-refractivity contribution in [3.05, 3.63) is 26.4 Å². The molecule has 0 fully saturated rings. The summed E-state index contributed by atoms with van der Waals surface area (Å²) in [6.45, 7) is 9.43. The van der Waals surface area contributed by atoms with Crippen LogP contribution < -0.4 is 16.7 Å². The number of aromatic hydroxyl groups is 1. The van der Waals surface area contributed by atoms with Crippen LogP contribution >= 0.6 is 0 Å². The lowest BCUT2D eigenvalue weighted by Crippen LogP contribution is -2.40. The molecule has 1 aromatic heterocycles.